The van der Waals surface area contributed by atoms with E-state index >= 15 is 0 Å². The summed E-state index contributed by atoms with van der Waals surface area (Å²) in [6, 6.07) is 11.7. The van der Waals surface area contributed by atoms with Crippen LogP contribution in [-0.2, 0) is 0 Å². The summed E-state index contributed by atoms with van der Waals surface area (Å²) in [7, 11) is 1.67. The number of methoxy groups -OCH3 is 1. The van der Waals surface area contributed by atoms with Gasteiger partial charge >= 0.3 is 0 Å². The number of rotatable bonds is 3. The molecule has 0 saturated carbocycles. The lowest BCUT2D eigenvalue weighted by Crippen LogP contribution is -1.95. The van der Waals surface area contributed by atoms with Crippen LogP contribution in [0.1, 0.15) is 5.56 Å². The highest BCUT2D eigenvalue weighted by Gasteiger charge is 2.01. The van der Waals surface area contributed by atoms with Crippen molar-refractivity contribution in [2.45, 2.75) is 6.92 Å². The Morgan fingerprint density at radius 1 is 1.24 bits per heavy atom. The van der Waals surface area contributed by atoms with E-state index in [0.717, 1.165) is 27.4 Å². The molecule has 3 nitrogen and oxygen atoms in total. The van der Waals surface area contributed by atoms with Crippen LogP contribution in [0.2, 0.25) is 0 Å². The topological polar surface area (TPSA) is 34.1 Å². The predicted molar refractivity (Wildman–Crippen MR) is 73.0 cm³/mol. The van der Waals surface area contributed by atoms with Gasteiger partial charge in [0.15, 0.2) is 0 Å². The molecule has 1 aromatic heterocycles. The van der Waals surface area contributed by atoms with Crippen molar-refractivity contribution in [2.24, 2.45) is 0 Å². The average molecular weight is 293 g/mol. The van der Waals surface area contributed by atoms with Gasteiger partial charge in [0, 0.05) is 5.69 Å². The monoisotopic (exact) mass is 292 g/mol. The van der Waals surface area contributed by atoms with Crippen molar-refractivity contribution < 1.29 is 4.74 Å². The highest BCUT2D eigenvalue weighted by Crippen LogP contribution is 2.23. The molecule has 0 amide bonds. The number of pyridine rings is 1. The Kier molecular flexibility index (Phi) is 3.64. The summed E-state index contributed by atoms with van der Waals surface area (Å²) in [6.07, 6.45) is 0. The first-order valence-corrected chi connectivity index (χ1v) is 6.02. The fourth-order valence-corrected chi connectivity index (χ4v) is 1.93. The molecular formula is C13H13BrN2O. The van der Waals surface area contributed by atoms with Crippen molar-refractivity contribution >= 4 is 27.4 Å². The third-order valence-electron chi connectivity index (χ3n) is 2.38. The Labute approximate surface area is 109 Å². The number of benzene rings is 1. The van der Waals surface area contributed by atoms with Crippen LogP contribution in [0.5, 0.6) is 5.75 Å². The van der Waals surface area contributed by atoms with Gasteiger partial charge in [-0.05, 0) is 58.7 Å². The van der Waals surface area contributed by atoms with Gasteiger partial charge in [0.1, 0.15) is 16.2 Å². The van der Waals surface area contributed by atoms with Gasteiger partial charge in [-0.3, -0.25) is 0 Å². The minimum atomic E-state index is 0.809. The van der Waals surface area contributed by atoms with Crippen LogP contribution < -0.4 is 10.1 Å². The lowest BCUT2D eigenvalue weighted by molar-refractivity contribution is 0.412. The number of halogens is 1. The highest BCUT2D eigenvalue weighted by molar-refractivity contribution is 9.10. The molecule has 1 N–H and O–H groups in total. The molecule has 1 aromatic carbocycles. The molecule has 0 saturated heterocycles. The van der Waals surface area contributed by atoms with Crippen molar-refractivity contribution in [3.05, 3.63) is 46.6 Å². The maximum absolute atomic E-state index is 5.22. The van der Waals surface area contributed by atoms with Crippen molar-refractivity contribution in [2.75, 3.05) is 12.4 Å². The van der Waals surface area contributed by atoms with Gasteiger partial charge < -0.3 is 10.1 Å². The predicted octanol–water partition coefficient (Wildman–Crippen LogP) is 3.90. The molecule has 0 atom stereocenters. The van der Waals surface area contributed by atoms with E-state index in [0.29, 0.717) is 0 Å². The summed E-state index contributed by atoms with van der Waals surface area (Å²) in [5, 5.41) is 3.24. The molecule has 0 unspecified atom stereocenters. The second-order valence-corrected chi connectivity index (χ2v) is 4.47. The van der Waals surface area contributed by atoms with Gasteiger partial charge in [0.05, 0.1) is 7.11 Å². The van der Waals surface area contributed by atoms with Gasteiger partial charge in [-0.15, -0.1) is 0 Å². The Balaban J connectivity index is 2.22. The molecule has 0 aliphatic heterocycles. The van der Waals surface area contributed by atoms with Crippen LogP contribution in [-0.4, -0.2) is 12.1 Å². The van der Waals surface area contributed by atoms with Gasteiger partial charge in [-0.2, -0.15) is 0 Å². The molecule has 0 spiro atoms. The van der Waals surface area contributed by atoms with Gasteiger partial charge in [-0.25, -0.2) is 4.98 Å². The molecule has 17 heavy (non-hydrogen) atoms. The Morgan fingerprint density at radius 2 is 2.06 bits per heavy atom. The van der Waals surface area contributed by atoms with E-state index in [2.05, 4.69) is 26.2 Å². The van der Waals surface area contributed by atoms with Gasteiger partial charge in [0.25, 0.3) is 0 Å². The number of hydrogen-bond donors (Lipinski definition) is 1. The SMILES string of the molecule is COc1ccc(Nc2cccc(Br)n2)cc1C. The lowest BCUT2D eigenvalue weighted by atomic mass is 10.2. The number of aryl methyl sites for hydroxylation is 1. The van der Waals surface area contributed by atoms with E-state index in [1.165, 1.54) is 0 Å². The summed E-state index contributed by atoms with van der Waals surface area (Å²) in [5.74, 6) is 1.70. The zero-order valence-electron chi connectivity index (χ0n) is 9.70. The number of ether oxygens (including phenoxy) is 1. The molecule has 4 heteroatoms. The number of nitrogens with one attached hydrogen (secondary N) is 1. The molecule has 0 aliphatic rings. The Bertz CT molecular complexity index is 529. The summed E-state index contributed by atoms with van der Waals surface area (Å²) < 4.78 is 6.03. The molecule has 0 aliphatic carbocycles. The minimum absolute atomic E-state index is 0.809. The normalized spacial score (nSPS) is 10.1. The van der Waals surface area contributed by atoms with E-state index in [4.69, 9.17) is 4.74 Å². The van der Waals surface area contributed by atoms with E-state index < -0.39 is 0 Å². The standard InChI is InChI=1S/C13H13BrN2O/c1-9-8-10(6-7-11(9)17-2)15-13-5-3-4-12(14)16-13/h3-8H,1-2H3,(H,15,16). The number of hydrogen-bond acceptors (Lipinski definition) is 3. The number of anilines is 2. The van der Waals surface area contributed by atoms with Crippen LogP contribution in [0.3, 0.4) is 0 Å². The average Bonchev–Trinajstić information content (AvgIpc) is 2.29. The quantitative estimate of drug-likeness (QED) is 0.871. The highest BCUT2D eigenvalue weighted by atomic mass is 79.9. The first kappa shape index (κ1) is 11.9. The molecule has 88 valence electrons. The molecular weight excluding hydrogens is 280 g/mol. The molecule has 2 aromatic rings. The summed E-state index contributed by atoms with van der Waals surface area (Å²) in [6.45, 7) is 2.01. The van der Waals surface area contributed by atoms with Gasteiger partial charge in [-0.1, -0.05) is 6.07 Å². The maximum atomic E-state index is 5.22. The fourth-order valence-electron chi connectivity index (χ4n) is 1.58. The summed E-state index contributed by atoms with van der Waals surface area (Å²) in [5.41, 5.74) is 2.08. The van der Waals surface area contributed by atoms with Gasteiger partial charge in [0.2, 0.25) is 0 Å². The molecule has 1 heterocycles. The Hall–Kier alpha value is -1.55. The number of nitrogens with zero attached hydrogens (tertiary/aromatic N) is 1. The van der Waals surface area contributed by atoms with E-state index in [-0.39, 0.29) is 0 Å². The molecule has 0 fully saturated rings. The fraction of sp³-hybridized carbons (Fsp3) is 0.154. The van der Waals surface area contributed by atoms with Crippen LogP contribution in [0.25, 0.3) is 0 Å². The first-order chi connectivity index (χ1) is 8.19. The lowest BCUT2D eigenvalue weighted by Gasteiger charge is -2.09. The second-order valence-electron chi connectivity index (χ2n) is 3.65. The third-order valence-corrected chi connectivity index (χ3v) is 2.82. The third kappa shape index (κ3) is 2.97. The molecule has 0 bridgehead atoms. The first-order valence-electron chi connectivity index (χ1n) is 5.23. The second kappa shape index (κ2) is 5.19. The van der Waals surface area contributed by atoms with Crippen LogP contribution >= 0.6 is 15.9 Å². The smallest absolute Gasteiger partial charge is 0.131 e. The largest absolute Gasteiger partial charge is 0.496 e. The van der Waals surface area contributed by atoms with Crippen LogP contribution in [0.15, 0.2) is 41.0 Å². The van der Waals surface area contributed by atoms with Crippen LogP contribution in [0.4, 0.5) is 11.5 Å². The number of aromatic nitrogens is 1. The van der Waals surface area contributed by atoms with E-state index in [1.807, 2.05) is 43.3 Å². The Morgan fingerprint density at radius 3 is 2.71 bits per heavy atom. The van der Waals surface area contributed by atoms with Crippen molar-refractivity contribution in [3.8, 4) is 5.75 Å². The van der Waals surface area contributed by atoms with Crippen molar-refractivity contribution in [3.63, 3.8) is 0 Å². The van der Waals surface area contributed by atoms with Crippen molar-refractivity contribution in [1.29, 1.82) is 0 Å². The minimum Gasteiger partial charge on any atom is -0.496 e. The van der Waals surface area contributed by atoms with E-state index in [9.17, 15) is 0 Å². The van der Waals surface area contributed by atoms with Crippen molar-refractivity contribution in [1.82, 2.24) is 4.98 Å². The van der Waals surface area contributed by atoms with Crippen LogP contribution in [0, 0.1) is 6.92 Å². The van der Waals surface area contributed by atoms with E-state index in [1.54, 1.807) is 7.11 Å². The zero-order valence-corrected chi connectivity index (χ0v) is 11.3. The molecule has 2 rings (SSSR count). The maximum Gasteiger partial charge on any atom is 0.131 e. The zero-order chi connectivity index (χ0) is 12.3. The molecule has 0 radical (unpaired) electrons. The summed E-state index contributed by atoms with van der Waals surface area (Å²) in [4.78, 5) is 4.32. The summed E-state index contributed by atoms with van der Waals surface area (Å²) >= 11 is 3.34.